The summed E-state index contributed by atoms with van der Waals surface area (Å²) >= 11 is 0. The van der Waals surface area contributed by atoms with Gasteiger partial charge in [0.05, 0.1) is 5.41 Å². The molecule has 1 amide bonds. The van der Waals surface area contributed by atoms with Gasteiger partial charge < -0.3 is 10.6 Å². The summed E-state index contributed by atoms with van der Waals surface area (Å²) in [6.07, 6.45) is 1.94. The molecule has 2 N–H and O–H groups in total. The molecule has 3 nitrogen and oxygen atoms in total. The highest BCUT2D eigenvalue weighted by Crippen LogP contribution is 2.29. The molecule has 3 unspecified atom stereocenters. The van der Waals surface area contributed by atoms with Gasteiger partial charge in [-0.25, -0.2) is 0 Å². The van der Waals surface area contributed by atoms with Crippen molar-refractivity contribution in [3.8, 4) is 0 Å². The summed E-state index contributed by atoms with van der Waals surface area (Å²) in [5.74, 6) is 0.868. The maximum Gasteiger partial charge on any atom is 0.230 e. The highest BCUT2D eigenvalue weighted by atomic mass is 16.2. The van der Waals surface area contributed by atoms with E-state index in [-0.39, 0.29) is 11.3 Å². The molecule has 0 aromatic heterocycles. The van der Waals surface area contributed by atoms with Crippen LogP contribution in [0, 0.1) is 11.3 Å². The van der Waals surface area contributed by atoms with Crippen LogP contribution in [0.2, 0.25) is 0 Å². The van der Waals surface area contributed by atoms with E-state index in [4.69, 9.17) is 5.73 Å². The Morgan fingerprint density at radius 3 is 2.47 bits per heavy atom. The van der Waals surface area contributed by atoms with Crippen molar-refractivity contribution in [3.05, 3.63) is 0 Å². The summed E-state index contributed by atoms with van der Waals surface area (Å²) in [7, 11) is 0. The second-order valence-electron chi connectivity index (χ2n) is 5.27. The average Bonchev–Trinajstić information content (AvgIpc) is 2.55. The maximum absolute atomic E-state index is 12.3. The molecular weight excluding hydrogens is 188 g/mol. The SMILES string of the molecule is CCC(C)(CN)C(=O)N1CC(C)CC1C. The Bertz CT molecular complexity index is 236. The molecule has 88 valence electrons. The first-order chi connectivity index (χ1) is 6.94. The highest BCUT2D eigenvalue weighted by molar-refractivity contribution is 5.83. The van der Waals surface area contributed by atoms with E-state index in [9.17, 15) is 4.79 Å². The average molecular weight is 212 g/mol. The Kier molecular flexibility index (Phi) is 3.77. The lowest BCUT2D eigenvalue weighted by Crippen LogP contribution is -2.47. The second kappa shape index (κ2) is 4.52. The van der Waals surface area contributed by atoms with Crippen molar-refractivity contribution >= 4 is 5.91 Å². The van der Waals surface area contributed by atoms with Crippen molar-refractivity contribution in [2.45, 2.75) is 46.6 Å². The standard InChI is InChI=1S/C12H24N2O/c1-5-12(4,8-13)11(15)14-7-9(2)6-10(14)3/h9-10H,5-8,13H2,1-4H3. The smallest absolute Gasteiger partial charge is 0.230 e. The minimum atomic E-state index is -0.363. The van der Waals surface area contributed by atoms with Gasteiger partial charge in [-0.05, 0) is 32.6 Å². The summed E-state index contributed by atoms with van der Waals surface area (Å²) < 4.78 is 0. The van der Waals surface area contributed by atoms with Crippen molar-refractivity contribution in [2.24, 2.45) is 17.1 Å². The minimum Gasteiger partial charge on any atom is -0.339 e. The fourth-order valence-electron chi connectivity index (χ4n) is 2.31. The maximum atomic E-state index is 12.3. The van der Waals surface area contributed by atoms with Crippen molar-refractivity contribution in [1.29, 1.82) is 0 Å². The molecule has 1 rings (SSSR count). The second-order valence-corrected chi connectivity index (χ2v) is 5.27. The van der Waals surface area contributed by atoms with Crippen LogP contribution in [-0.4, -0.2) is 29.9 Å². The summed E-state index contributed by atoms with van der Waals surface area (Å²) in [5.41, 5.74) is 5.36. The van der Waals surface area contributed by atoms with Gasteiger partial charge in [-0.2, -0.15) is 0 Å². The van der Waals surface area contributed by atoms with Gasteiger partial charge >= 0.3 is 0 Å². The lowest BCUT2D eigenvalue weighted by atomic mass is 9.86. The number of hydrogen-bond donors (Lipinski definition) is 1. The molecule has 1 fully saturated rings. The van der Waals surface area contributed by atoms with E-state index in [2.05, 4.69) is 13.8 Å². The van der Waals surface area contributed by atoms with Crippen molar-refractivity contribution in [3.63, 3.8) is 0 Å². The Morgan fingerprint density at radius 2 is 2.13 bits per heavy atom. The molecule has 15 heavy (non-hydrogen) atoms. The molecule has 0 aromatic rings. The highest BCUT2D eigenvalue weighted by Gasteiger charge is 2.39. The predicted octanol–water partition coefficient (Wildman–Crippen LogP) is 1.62. The zero-order valence-electron chi connectivity index (χ0n) is 10.4. The van der Waals surface area contributed by atoms with Crippen LogP contribution in [0.1, 0.15) is 40.5 Å². The Balaban J connectivity index is 2.76. The molecule has 0 bridgehead atoms. The summed E-state index contributed by atoms with van der Waals surface area (Å²) in [6, 6.07) is 0.380. The number of carbonyl (C=O) groups excluding carboxylic acids is 1. The fourth-order valence-corrected chi connectivity index (χ4v) is 2.31. The number of carbonyl (C=O) groups is 1. The van der Waals surface area contributed by atoms with Gasteiger partial charge in [0.15, 0.2) is 0 Å². The lowest BCUT2D eigenvalue weighted by molar-refractivity contribution is -0.141. The predicted molar refractivity (Wildman–Crippen MR) is 62.4 cm³/mol. The Hall–Kier alpha value is -0.570. The topological polar surface area (TPSA) is 46.3 Å². The number of amides is 1. The largest absolute Gasteiger partial charge is 0.339 e. The minimum absolute atomic E-state index is 0.240. The van der Waals surface area contributed by atoms with Gasteiger partial charge in [0.2, 0.25) is 5.91 Å². The van der Waals surface area contributed by atoms with E-state index in [1.807, 2.05) is 18.7 Å². The molecular formula is C12H24N2O. The molecule has 1 aliphatic heterocycles. The van der Waals surface area contributed by atoms with Gasteiger partial charge in [0.25, 0.3) is 0 Å². The zero-order chi connectivity index (χ0) is 11.6. The Morgan fingerprint density at radius 1 is 1.53 bits per heavy atom. The molecule has 1 saturated heterocycles. The summed E-state index contributed by atoms with van der Waals surface area (Å²) in [5, 5.41) is 0. The van der Waals surface area contributed by atoms with Gasteiger partial charge in [0.1, 0.15) is 0 Å². The van der Waals surface area contributed by atoms with Crippen LogP contribution < -0.4 is 5.73 Å². The number of rotatable bonds is 3. The molecule has 3 atom stereocenters. The van der Waals surface area contributed by atoms with Crippen LogP contribution in [0.25, 0.3) is 0 Å². The molecule has 1 heterocycles. The lowest BCUT2D eigenvalue weighted by Gasteiger charge is -2.33. The Labute approximate surface area is 93.0 Å². The number of nitrogens with zero attached hydrogens (tertiary/aromatic N) is 1. The van der Waals surface area contributed by atoms with Gasteiger partial charge in [0, 0.05) is 19.1 Å². The first kappa shape index (κ1) is 12.5. The molecule has 3 heteroatoms. The van der Waals surface area contributed by atoms with E-state index < -0.39 is 0 Å². The van der Waals surface area contributed by atoms with Crippen LogP contribution in [0.15, 0.2) is 0 Å². The van der Waals surface area contributed by atoms with Crippen molar-refractivity contribution in [2.75, 3.05) is 13.1 Å². The molecule has 0 radical (unpaired) electrons. The number of hydrogen-bond acceptors (Lipinski definition) is 2. The number of likely N-dealkylation sites (tertiary alicyclic amines) is 1. The fraction of sp³-hybridized carbons (Fsp3) is 0.917. The van der Waals surface area contributed by atoms with Crippen LogP contribution in [-0.2, 0) is 4.79 Å². The van der Waals surface area contributed by atoms with Gasteiger partial charge in [-0.1, -0.05) is 13.8 Å². The van der Waals surface area contributed by atoms with Crippen LogP contribution in [0.5, 0.6) is 0 Å². The monoisotopic (exact) mass is 212 g/mol. The summed E-state index contributed by atoms with van der Waals surface area (Å²) in [4.78, 5) is 14.3. The van der Waals surface area contributed by atoms with E-state index in [1.165, 1.54) is 0 Å². The zero-order valence-corrected chi connectivity index (χ0v) is 10.4. The quantitative estimate of drug-likeness (QED) is 0.772. The van der Waals surface area contributed by atoms with Crippen LogP contribution in [0.4, 0.5) is 0 Å². The third-order valence-electron chi connectivity index (χ3n) is 3.79. The first-order valence-electron chi connectivity index (χ1n) is 5.95. The van der Waals surface area contributed by atoms with E-state index >= 15 is 0 Å². The van der Waals surface area contributed by atoms with Gasteiger partial charge in [-0.15, -0.1) is 0 Å². The molecule has 0 aromatic carbocycles. The number of nitrogens with two attached hydrogens (primary N) is 1. The third kappa shape index (κ3) is 2.33. The van der Waals surface area contributed by atoms with E-state index in [0.717, 1.165) is 19.4 Å². The molecule has 0 aliphatic carbocycles. The summed E-state index contributed by atoms with van der Waals surface area (Å²) in [6.45, 7) is 9.69. The van der Waals surface area contributed by atoms with E-state index in [1.54, 1.807) is 0 Å². The first-order valence-corrected chi connectivity index (χ1v) is 5.95. The molecule has 1 aliphatic rings. The van der Waals surface area contributed by atoms with Crippen molar-refractivity contribution in [1.82, 2.24) is 4.90 Å². The third-order valence-corrected chi connectivity index (χ3v) is 3.79. The normalized spacial score (nSPS) is 30.3. The molecule has 0 saturated carbocycles. The van der Waals surface area contributed by atoms with E-state index in [0.29, 0.717) is 18.5 Å². The van der Waals surface area contributed by atoms with Crippen LogP contribution in [0.3, 0.4) is 0 Å². The van der Waals surface area contributed by atoms with Gasteiger partial charge in [-0.3, -0.25) is 4.79 Å². The molecule has 0 spiro atoms. The van der Waals surface area contributed by atoms with Crippen LogP contribution >= 0.6 is 0 Å². The van der Waals surface area contributed by atoms with Crippen molar-refractivity contribution < 1.29 is 4.79 Å².